The van der Waals surface area contributed by atoms with E-state index in [1.54, 1.807) is 22.4 Å². The Labute approximate surface area is 140 Å². The van der Waals surface area contributed by atoms with Crippen molar-refractivity contribution in [1.82, 2.24) is 15.2 Å². The predicted octanol–water partition coefficient (Wildman–Crippen LogP) is 2.89. The number of benzene rings is 1. The number of aromatic nitrogens is 1. The molecular weight excluding hydrogens is 310 g/mol. The second-order valence-corrected chi connectivity index (χ2v) is 6.85. The van der Waals surface area contributed by atoms with E-state index in [4.69, 9.17) is 4.74 Å². The maximum absolute atomic E-state index is 12.4. The van der Waals surface area contributed by atoms with Crippen LogP contribution in [0.15, 0.2) is 35.8 Å². The summed E-state index contributed by atoms with van der Waals surface area (Å²) in [6, 6.07) is 7.91. The monoisotopic (exact) mass is 331 g/mol. The average Bonchev–Trinajstić information content (AvgIpc) is 3.09. The SMILES string of the molecule is C[C@@H](CN(C)C(=O)N[C@@H]1COc2ccccc2C1)c1nccs1. The highest BCUT2D eigenvalue weighted by atomic mass is 32.1. The van der Waals surface area contributed by atoms with Gasteiger partial charge in [-0.2, -0.15) is 0 Å². The number of nitrogens with zero attached hydrogens (tertiary/aromatic N) is 2. The fourth-order valence-corrected chi connectivity index (χ4v) is 3.44. The standard InChI is InChI=1S/C17H21N3O2S/c1-12(16-18-7-8-23-16)10-20(2)17(21)19-14-9-13-5-3-4-6-15(13)22-11-14/h3-8,12,14H,9-11H2,1-2H3,(H,19,21)/t12-,14-/m0/s1. The maximum atomic E-state index is 12.4. The summed E-state index contributed by atoms with van der Waals surface area (Å²) >= 11 is 1.62. The lowest BCUT2D eigenvalue weighted by molar-refractivity contribution is 0.187. The average molecular weight is 331 g/mol. The Hall–Kier alpha value is -2.08. The number of hydrogen-bond acceptors (Lipinski definition) is 4. The van der Waals surface area contributed by atoms with Gasteiger partial charge in [-0.15, -0.1) is 11.3 Å². The zero-order chi connectivity index (χ0) is 16.2. The number of nitrogens with one attached hydrogen (secondary N) is 1. The molecular formula is C17H21N3O2S. The Morgan fingerprint density at radius 1 is 1.52 bits per heavy atom. The summed E-state index contributed by atoms with van der Waals surface area (Å²) in [6.07, 6.45) is 2.60. The number of amides is 2. The molecule has 1 aliphatic rings. The van der Waals surface area contributed by atoms with E-state index in [0.717, 1.165) is 22.7 Å². The van der Waals surface area contributed by atoms with E-state index in [9.17, 15) is 4.79 Å². The first-order valence-corrected chi connectivity index (χ1v) is 8.63. The van der Waals surface area contributed by atoms with Gasteiger partial charge in [-0.05, 0) is 18.1 Å². The highest BCUT2D eigenvalue weighted by Gasteiger charge is 2.23. The molecule has 122 valence electrons. The van der Waals surface area contributed by atoms with E-state index in [1.807, 2.05) is 36.7 Å². The van der Waals surface area contributed by atoms with Gasteiger partial charge in [-0.1, -0.05) is 25.1 Å². The van der Waals surface area contributed by atoms with Crippen molar-refractivity contribution in [1.29, 1.82) is 0 Å². The number of fused-ring (bicyclic) bond motifs is 1. The van der Waals surface area contributed by atoms with Crippen molar-refractivity contribution in [2.24, 2.45) is 0 Å². The van der Waals surface area contributed by atoms with Gasteiger partial charge in [0.25, 0.3) is 0 Å². The van der Waals surface area contributed by atoms with Crippen LogP contribution in [0.5, 0.6) is 5.75 Å². The van der Waals surface area contributed by atoms with Crippen LogP contribution >= 0.6 is 11.3 Å². The van der Waals surface area contributed by atoms with Gasteiger partial charge in [-0.3, -0.25) is 0 Å². The first-order chi connectivity index (χ1) is 11.1. The molecule has 23 heavy (non-hydrogen) atoms. The number of ether oxygens (including phenoxy) is 1. The van der Waals surface area contributed by atoms with Gasteiger partial charge in [0.15, 0.2) is 0 Å². The molecule has 0 fully saturated rings. The molecule has 1 N–H and O–H groups in total. The maximum Gasteiger partial charge on any atom is 0.317 e. The van der Waals surface area contributed by atoms with Gasteiger partial charge >= 0.3 is 6.03 Å². The van der Waals surface area contributed by atoms with Crippen molar-refractivity contribution in [2.45, 2.75) is 25.3 Å². The number of likely N-dealkylation sites (N-methyl/N-ethyl adjacent to an activating group) is 1. The molecule has 1 aromatic heterocycles. The Kier molecular flexibility index (Phi) is 4.81. The number of rotatable bonds is 4. The molecule has 2 atom stereocenters. The molecule has 2 aromatic rings. The van der Waals surface area contributed by atoms with Crippen LogP contribution < -0.4 is 10.1 Å². The summed E-state index contributed by atoms with van der Waals surface area (Å²) in [6.45, 7) is 3.24. The summed E-state index contributed by atoms with van der Waals surface area (Å²) < 4.78 is 5.72. The third-order valence-corrected chi connectivity index (χ3v) is 4.98. The zero-order valence-electron chi connectivity index (χ0n) is 13.4. The van der Waals surface area contributed by atoms with E-state index in [2.05, 4.69) is 17.2 Å². The Balaban J connectivity index is 1.53. The van der Waals surface area contributed by atoms with Gasteiger partial charge in [-0.25, -0.2) is 9.78 Å². The third kappa shape index (κ3) is 3.82. The van der Waals surface area contributed by atoms with Crippen LogP contribution in [0, 0.1) is 0 Å². The second-order valence-electron chi connectivity index (χ2n) is 5.92. The number of thiazole rings is 1. The minimum absolute atomic E-state index is 0.00928. The first kappa shape index (κ1) is 15.8. The lowest BCUT2D eigenvalue weighted by Crippen LogP contribution is -2.48. The van der Waals surface area contributed by atoms with Crippen LogP contribution in [-0.2, 0) is 6.42 Å². The highest BCUT2D eigenvalue weighted by Crippen LogP contribution is 2.24. The largest absolute Gasteiger partial charge is 0.491 e. The normalized spacial score (nSPS) is 17.7. The van der Waals surface area contributed by atoms with Crippen molar-refractivity contribution in [3.05, 3.63) is 46.4 Å². The van der Waals surface area contributed by atoms with E-state index >= 15 is 0 Å². The van der Waals surface area contributed by atoms with Gasteiger partial charge in [0.2, 0.25) is 0 Å². The summed E-state index contributed by atoms with van der Waals surface area (Å²) in [5, 5.41) is 6.07. The van der Waals surface area contributed by atoms with Crippen molar-refractivity contribution in [3.63, 3.8) is 0 Å². The topological polar surface area (TPSA) is 54.5 Å². The van der Waals surface area contributed by atoms with Crippen molar-refractivity contribution >= 4 is 17.4 Å². The van der Waals surface area contributed by atoms with Crippen LogP contribution in [0.1, 0.15) is 23.4 Å². The summed E-state index contributed by atoms with van der Waals surface area (Å²) in [4.78, 5) is 18.4. The van der Waals surface area contributed by atoms with Crippen LogP contribution in [-0.4, -0.2) is 42.2 Å². The van der Waals surface area contributed by atoms with Crippen molar-refractivity contribution in [2.75, 3.05) is 20.2 Å². The number of urea groups is 1. The summed E-state index contributed by atoms with van der Waals surface area (Å²) in [7, 11) is 1.82. The lowest BCUT2D eigenvalue weighted by atomic mass is 10.0. The second kappa shape index (κ2) is 7.00. The predicted molar refractivity (Wildman–Crippen MR) is 91.1 cm³/mol. The van der Waals surface area contributed by atoms with Gasteiger partial charge < -0.3 is 15.0 Å². The molecule has 0 aliphatic carbocycles. The number of para-hydroxylation sites is 1. The van der Waals surface area contributed by atoms with Gasteiger partial charge in [0.05, 0.1) is 11.0 Å². The Morgan fingerprint density at radius 2 is 2.35 bits per heavy atom. The molecule has 0 saturated heterocycles. The number of hydrogen-bond donors (Lipinski definition) is 1. The first-order valence-electron chi connectivity index (χ1n) is 7.75. The molecule has 3 rings (SSSR count). The van der Waals surface area contributed by atoms with Crippen LogP contribution in [0.2, 0.25) is 0 Å². The van der Waals surface area contributed by atoms with Crippen LogP contribution in [0.25, 0.3) is 0 Å². The van der Waals surface area contributed by atoms with E-state index in [-0.39, 0.29) is 18.0 Å². The van der Waals surface area contributed by atoms with E-state index in [1.165, 1.54) is 0 Å². The molecule has 0 unspecified atom stereocenters. The molecule has 5 nitrogen and oxygen atoms in total. The summed E-state index contributed by atoms with van der Waals surface area (Å²) in [5.41, 5.74) is 1.14. The Morgan fingerprint density at radius 3 is 3.13 bits per heavy atom. The Bertz CT molecular complexity index is 660. The number of carbonyl (C=O) groups is 1. The summed E-state index contributed by atoms with van der Waals surface area (Å²) in [5.74, 6) is 1.15. The van der Waals surface area contributed by atoms with E-state index < -0.39 is 0 Å². The van der Waals surface area contributed by atoms with Crippen molar-refractivity contribution < 1.29 is 9.53 Å². The minimum atomic E-state index is -0.0682. The molecule has 0 bridgehead atoms. The van der Waals surface area contributed by atoms with Crippen molar-refractivity contribution in [3.8, 4) is 5.75 Å². The molecule has 6 heteroatoms. The zero-order valence-corrected chi connectivity index (χ0v) is 14.2. The molecule has 1 aromatic carbocycles. The van der Waals surface area contributed by atoms with E-state index in [0.29, 0.717) is 13.2 Å². The molecule has 0 spiro atoms. The van der Waals surface area contributed by atoms with Crippen LogP contribution in [0.3, 0.4) is 0 Å². The highest BCUT2D eigenvalue weighted by molar-refractivity contribution is 7.09. The molecule has 0 saturated carbocycles. The fraction of sp³-hybridized carbons (Fsp3) is 0.412. The minimum Gasteiger partial charge on any atom is -0.491 e. The molecule has 2 amide bonds. The number of carbonyl (C=O) groups excluding carboxylic acids is 1. The van der Waals surface area contributed by atoms with Crippen LogP contribution in [0.4, 0.5) is 4.79 Å². The molecule has 2 heterocycles. The smallest absolute Gasteiger partial charge is 0.317 e. The quantitative estimate of drug-likeness (QED) is 0.937. The van der Waals surface area contributed by atoms with Gasteiger partial charge in [0.1, 0.15) is 12.4 Å². The van der Waals surface area contributed by atoms with Gasteiger partial charge in [0, 0.05) is 31.1 Å². The molecule has 0 radical (unpaired) electrons. The lowest BCUT2D eigenvalue weighted by Gasteiger charge is -2.28. The third-order valence-electron chi connectivity index (χ3n) is 3.97. The fourth-order valence-electron chi connectivity index (χ4n) is 2.76. The molecule has 1 aliphatic heterocycles.